The van der Waals surface area contributed by atoms with Gasteiger partial charge in [0, 0.05) is 47.9 Å². The number of rotatable bonds is 12. The van der Waals surface area contributed by atoms with Gasteiger partial charge in [0.2, 0.25) is 31.9 Å². The van der Waals surface area contributed by atoms with Gasteiger partial charge in [-0.1, -0.05) is 59.6 Å². The van der Waals surface area contributed by atoms with Crippen LogP contribution in [0, 0.1) is 0 Å². The first-order chi connectivity index (χ1) is 28.7. The highest BCUT2D eigenvalue weighted by Crippen LogP contribution is 2.26. The smallest absolute Gasteiger partial charge is 0.341 e. The molecular weight excluding hydrogens is 893 g/mol. The second-order valence-electron chi connectivity index (χ2n) is 13.1. The van der Waals surface area contributed by atoms with Gasteiger partial charge in [-0.2, -0.15) is 10.2 Å². The summed E-state index contributed by atoms with van der Waals surface area (Å²) in [6, 6.07) is 22.2. The molecule has 18 nitrogen and oxygen atoms in total. The van der Waals surface area contributed by atoms with Crippen LogP contribution in [0.3, 0.4) is 0 Å². The van der Waals surface area contributed by atoms with Crippen molar-refractivity contribution >= 4 is 78.3 Å². The average Bonchev–Trinajstić information content (AvgIpc) is 3.90. The van der Waals surface area contributed by atoms with Gasteiger partial charge in [-0.15, -0.1) is 0 Å². The zero-order valence-corrected chi connectivity index (χ0v) is 36.0. The van der Waals surface area contributed by atoms with Crippen LogP contribution in [0.5, 0.6) is 0 Å². The number of halogens is 3. The summed E-state index contributed by atoms with van der Waals surface area (Å²) in [5, 5.41) is 24.9. The number of primary sulfonamides is 2. The molecule has 0 atom stereocenters. The van der Waals surface area contributed by atoms with Crippen LogP contribution in [-0.2, 0) is 47.2 Å². The first-order valence-electron chi connectivity index (χ1n) is 17.6. The Kier molecular flexibility index (Phi) is 15.8. The molecule has 0 aliphatic heterocycles. The van der Waals surface area contributed by atoms with Crippen LogP contribution in [0.2, 0.25) is 10.0 Å². The number of nitrogens with two attached hydrogens (primary N) is 2. The lowest BCUT2D eigenvalue weighted by Gasteiger charge is -2.12. The van der Waals surface area contributed by atoms with E-state index in [0.717, 1.165) is 0 Å². The molecule has 6 rings (SSSR count). The largest absolute Gasteiger partial charge is 0.465 e. The van der Waals surface area contributed by atoms with Crippen LogP contribution < -0.4 is 20.9 Å². The van der Waals surface area contributed by atoms with E-state index >= 15 is 0 Å². The highest BCUT2D eigenvalue weighted by molar-refractivity contribution is 7.89. The number of hydrogen-bond donors (Lipinski definition) is 4. The molecule has 0 aliphatic rings. The highest BCUT2D eigenvalue weighted by atomic mass is 35.5. The van der Waals surface area contributed by atoms with Gasteiger partial charge in [0.05, 0.1) is 54.8 Å². The van der Waals surface area contributed by atoms with E-state index in [4.69, 9.17) is 33.5 Å². The lowest BCUT2D eigenvalue weighted by Crippen LogP contribution is -2.21. The number of carbonyl (C=O) groups excluding carboxylic acids is 4. The first kappa shape index (κ1) is 48.2. The van der Waals surface area contributed by atoms with Gasteiger partial charge in [-0.3, -0.25) is 19.1 Å². The van der Waals surface area contributed by atoms with Crippen LogP contribution in [0.25, 0.3) is 11.4 Å². The van der Waals surface area contributed by atoms with E-state index in [1.54, 1.807) is 62.6 Å². The molecule has 0 spiro atoms. The number of sulfonamides is 2. The molecule has 62 heavy (non-hydrogen) atoms. The van der Waals surface area contributed by atoms with Crippen molar-refractivity contribution in [3.05, 3.63) is 142 Å². The first-order valence-corrected chi connectivity index (χ1v) is 21.4. The van der Waals surface area contributed by atoms with Crippen molar-refractivity contribution in [2.75, 3.05) is 31.8 Å². The molecule has 0 saturated carbocycles. The minimum absolute atomic E-state index is 0. The number of methoxy groups -OCH3 is 1. The Morgan fingerprint density at radius 3 is 1.47 bits per heavy atom. The molecular formula is C39H38Cl2FN9O9S2. The van der Waals surface area contributed by atoms with E-state index in [1.807, 2.05) is 0 Å². The predicted molar refractivity (Wildman–Crippen MR) is 229 cm³/mol. The SMILES string of the molecule is CN(C)C(=O)c1cnn(-c2ccc(NC(=O)Cc3ccccc3Cl)cc2S(N)(=O)=O)c1.COC(=O)c1cnn(-c2ccc(NC(=O)Cc3ccccc3Cl)cc2S(N)(=O)=O)c1.F. The Balaban J connectivity index is 0.000000268. The number of benzene rings is 4. The van der Waals surface area contributed by atoms with Crippen LogP contribution in [-0.4, -0.2) is 86.2 Å². The number of amides is 3. The molecule has 0 fully saturated rings. The molecule has 4 aromatic carbocycles. The monoisotopic (exact) mass is 929 g/mol. The van der Waals surface area contributed by atoms with Gasteiger partial charge < -0.3 is 20.3 Å². The zero-order valence-electron chi connectivity index (χ0n) is 32.9. The number of ether oxygens (including phenoxy) is 1. The van der Waals surface area contributed by atoms with Gasteiger partial charge in [0.1, 0.15) is 9.79 Å². The van der Waals surface area contributed by atoms with Gasteiger partial charge in [0.25, 0.3) is 5.91 Å². The summed E-state index contributed by atoms with van der Waals surface area (Å²) in [5.74, 6) is -1.67. The standard InChI is InChI=1S/C20H20ClN5O4S.C19H17ClN4O5S.FH/c1-25(2)20(28)14-11-23-26(12-14)17-8-7-15(10-18(17)31(22,29)30)24-19(27)9-13-5-3-4-6-16(13)21;1-29-19(26)13-10-22-24(11-13)16-7-6-14(9-17(16)30(21,27)28)23-18(25)8-12-4-2-3-5-15(12)20;/h3-8,10-12H,9H2,1-2H3,(H,24,27)(H2,22,29,30);2-7,9-11H,8H2,1H3,(H,23,25)(H2,21,27,28);1H. The number of esters is 1. The van der Waals surface area contributed by atoms with Crippen molar-refractivity contribution in [3.63, 3.8) is 0 Å². The number of aromatic nitrogens is 4. The van der Waals surface area contributed by atoms with Gasteiger partial charge in [-0.25, -0.2) is 41.3 Å². The molecule has 6 N–H and O–H groups in total. The molecule has 326 valence electrons. The van der Waals surface area contributed by atoms with Crippen molar-refractivity contribution in [2.24, 2.45) is 10.3 Å². The fourth-order valence-electron chi connectivity index (χ4n) is 5.56. The Morgan fingerprint density at radius 1 is 0.677 bits per heavy atom. The third-order valence-electron chi connectivity index (χ3n) is 8.45. The lowest BCUT2D eigenvalue weighted by molar-refractivity contribution is -0.116. The molecule has 0 radical (unpaired) electrons. The van der Waals surface area contributed by atoms with Gasteiger partial charge in [0.15, 0.2) is 0 Å². The topological polar surface area (TPSA) is 261 Å². The van der Waals surface area contributed by atoms with Crippen molar-refractivity contribution in [1.82, 2.24) is 24.5 Å². The molecule has 2 aromatic heterocycles. The zero-order chi connectivity index (χ0) is 44.6. The summed E-state index contributed by atoms with van der Waals surface area (Å²) in [6.45, 7) is 0. The second-order valence-corrected chi connectivity index (χ2v) is 17.0. The van der Waals surface area contributed by atoms with E-state index in [2.05, 4.69) is 25.6 Å². The van der Waals surface area contributed by atoms with Crippen LogP contribution >= 0.6 is 23.2 Å². The van der Waals surface area contributed by atoms with E-state index in [0.29, 0.717) is 21.2 Å². The van der Waals surface area contributed by atoms with Crippen LogP contribution in [0.15, 0.2) is 120 Å². The van der Waals surface area contributed by atoms with E-state index < -0.39 is 26.0 Å². The van der Waals surface area contributed by atoms with Gasteiger partial charge >= 0.3 is 5.97 Å². The predicted octanol–water partition coefficient (Wildman–Crippen LogP) is 4.35. The summed E-state index contributed by atoms with van der Waals surface area (Å²) >= 11 is 12.1. The molecule has 0 saturated heterocycles. The number of nitrogens with zero attached hydrogens (tertiary/aromatic N) is 5. The van der Waals surface area contributed by atoms with Crippen molar-refractivity contribution < 1.29 is 45.5 Å². The molecule has 2 heterocycles. The van der Waals surface area contributed by atoms with Crippen LogP contribution in [0.1, 0.15) is 31.8 Å². The van der Waals surface area contributed by atoms with E-state index in [-0.39, 0.29) is 78.9 Å². The number of carbonyl (C=O) groups is 4. The van der Waals surface area contributed by atoms with Crippen molar-refractivity contribution in [3.8, 4) is 11.4 Å². The lowest BCUT2D eigenvalue weighted by atomic mass is 10.1. The Bertz CT molecular complexity index is 2870. The maximum absolute atomic E-state index is 12.4. The molecule has 0 aliphatic carbocycles. The summed E-state index contributed by atoms with van der Waals surface area (Å²) < 4.78 is 55.6. The Hall–Kier alpha value is -6.49. The van der Waals surface area contributed by atoms with Crippen molar-refractivity contribution in [2.45, 2.75) is 22.6 Å². The number of nitrogens with one attached hydrogen (secondary N) is 2. The molecule has 0 unspecified atom stereocenters. The number of hydrogen-bond acceptors (Lipinski definition) is 11. The molecule has 0 bridgehead atoms. The van der Waals surface area contributed by atoms with Gasteiger partial charge in [-0.05, 0) is 59.7 Å². The quantitative estimate of drug-likeness (QED) is 0.125. The fraction of sp³-hybridized carbons (Fsp3) is 0.128. The molecule has 23 heteroatoms. The summed E-state index contributed by atoms with van der Waals surface area (Å²) in [6.07, 6.45) is 5.30. The van der Waals surface area contributed by atoms with E-state index in [1.165, 1.54) is 82.6 Å². The Morgan fingerprint density at radius 2 is 1.08 bits per heavy atom. The summed E-state index contributed by atoms with van der Waals surface area (Å²) in [7, 11) is -3.93. The van der Waals surface area contributed by atoms with E-state index in [9.17, 15) is 36.0 Å². The summed E-state index contributed by atoms with van der Waals surface area (Å²) in [4.78, 5) is 49.3. The molecule has 3 amide bonds. The fourth-order valence-corrected chi connectivity index (χ4v) is 7.45. The third-order valence-corrected chi connectivity index (χ3v) is 11.1. The average molecular weight is 931 g/mol. The van der Waals surface area contributed by atoms with Crippen LogP contribution in [0.4, 0.5) is 16.1 Å². The normalized spacial score (nSPS) is 11.0. The third kappa shape index (κ3) is 12.3. The minimum Gasteiger partial charge on any atom is -0.465 e. The minimum atomic E-state index is -4.17. The highest BCUT2D eigenvalue weighted by Gasteiger charge is 2.21. The maximum Gasteiger partial charge on any atom is 0.341 e. The van der Waals surface area contributed by atoms with Crippen molar-refractivity contribution in [1.29, 1.82) is 0 Å². The number of anilines is 2. The summed E-state index contributed by atoms with van der Waals surface area (Å²) in [5.41, 5.74) is 2.40. The molecule has 6 aromatic rings. The Labute approximate surface area is 364 Å². The second kappa shape index (κ2) is 20.4. The maximum atomic E-state index is 12.4.